The van der Waals surface area contributed by atoms with Crippen molar-refractivity contribution in [2.45, 2.75) is 52.5 Å². The van der Waals surface area contributed by atoms with Crippen LogP contribution in [0.4, 0.5) is 5.69 Å². The van der Waals surface area contributed by atoms with Crippen molar-refractivity contribution in [2.75, 3.05) is 12.4 Å². The number of hydrogen-bond acceptors (Lipinski definition) is 2. The van der Waals surface area contributed by atoms with E-state index >= 15 is 0 Å². The number of ether oxygens (including phenoxy) is 1. The second kappa shape index (κ2) is 5.64. The van der Waals surface area contributed by atoms with Crippen LogP contribution in [0, 0.1) is 19.8 Å². The zero-order valence-electron chi connectivity index (χ0n) is 12.0. The first-order valence-corrected chi connectivity index (χ1v) is 7.08. The summed E-state index contributed by atoms with van der Waals surface area (Å²) in [6, 6.07) is 4.98. The maximum absolute atomic E-state index is 5.49. The van der Waals surface area contributed by atoms with Crippen LogP contribution in [0.3, 0.4) is 0 Å². The Bertz CT molecular complexity index is 414. The molecule has 2 nitrogen and oxygen atoms in total. The lowest BCUT2D eigenvalue weighted by Gasteiger charge is -2.23. The molecule has 0 heterocycles. The largest absolute Gasteiger partial charge is 0.496 e. The molecule has 100 valence electrons. The molecular formula is C16H25NO. The molecule has 0 radical (unpaired) electrons. The highest BCUT2D eigenvalue weighted by atomic mass is 16.5. The second-order valence-electron chi connectivity index (χ2n) is 5.44. The van der Waals surface area contributed by atoms with Crippen molar-refractivity contribution < 1.29 is 4.74 Å². The summed E-state index contributed by atoms with van der Waals surface area (Å²) < 4.78 is 5.49. The predicted octanol–water partition coefficient (Wildman–Crippen LogP) is 4.30. The normalized spacial score (nSPS) is 23.1. The third-order valence-electron chi connectivity index (χ3n) is 4.33. The highest BCUT2D eigenvalue weighted by molar-refractivity contribution is 5.60. The Balaban J connectivity index is 2.19. The Morgan fingerprint density at radius 1 is 1.28 bits per heavy atom. The summed E-state index contributed by atoms with van der Waals surface area (Å²) in [5, 5.41) is 3.73. The molecule has 2 heteroatoms. The van der Waals surface area contributed by atoms with Gasteiger partial charge in [0, 0.05) is 17.3 Å². The topological polar surface area (TPSA) is 21.3 Å². The number of nitrogens with one attached hydrogen (secondary N) is 1. The fraction of sp³-hybridized carbons (Fsp3) is 0.625. The molecule has 2 rings (SSSR count). The van der Waals surface area contributed by atoms with Crippen molar-refractivity contribution in [3.63, 3.8) is 0 Å². The molecule has 2 unspecified atom stereocenters. The smallest absolute Gasteiger partial charge is 0.126 e. The molecule has 1 N–H and O–H groups in total. The van der Waals surface area contributed by atoms with E-state index in [0.29, 0.717) is 6.04 Å². The second-order valence-corrected chi connectivity index (χ2v) is 5.44. The number of aryl methyl sites for hydroxylation is 1. The van der Waals surface area contributed by atoms with Gasteiger partial charge >= 0.3 is 0 Å². The molecule has 1 fully saturated rings. The van der Waals surface area contributed by atoms with Crippen LogP contribution >= 0.6 is 0 Å². The van der Waals surface area contributed by atoms with Gasteiger partial charge in [0.15, 0.2) is 0 Å². The molecule has 1 aliphatic rings. The molecule has 1 aromatic carbocycles. The van der Waals surface area contributed by atoms with Gasteiger partial charge in [-0.2, -0.15) is 0 Å². The van der Waals surface area contributed by atoms with Gasteiger partial charge in [-0.15, -0.1) is 0 Å². The molecule has 0 amide bonds. The van der Waals surface area contributed by atoms with E-state index in [9.17, 15) is 0 Å². The molecule has 18 heavy (non-hydrogen) atoms. The molecular weight excluding hydrogens is 222 g/mol. The van der Waals surface area contributed by atoms with E-state index in [4.69, 9.17) is 4.74 Å². The fourth-order valence-corrected chi connectivity index (χ4v) is 3.21. The number of methoxy groups -OCH3 is 1. The van der Waals surface area contributed by atoms with Crippen molar-refractivity contribution >= 4 is 5.69 Å². The minimum atomic E-state index is 0.640. The van der Waals surface area contributed by atoms with Crippen molar-refractivity contribution in [3.05, 3.63) is 23.3 Å². The highest BCUT2D eigenvalue weighted by Crippen LogP contribution is 2.34. The maximum Gasteiger partial charge on any atom is 0.126 e. The Hall–Kier alpha value is -1.18. The van der Waals surface area contributed by atoms with Gasteiger partial charge in [-0.3, -0.25) is 0 Å². The maximum atomic E-state index is 5.49. The van der Waals surface area contributed by atoms with Crippen molar-refractivity contribution in [2.24, 2.45) is 5.92 Å². The van der Waals surface area contributed by atoms with Gasteiger partial charge in [0.05, 0.1) is 7.11 Å². The number of rotatable bonds is 4. The quantitative estimate of drug-likeness (QED) is 0.856. The van der Waals surface area contributed by atoms with Crippen molar-refractivity contribution in [1.82, 2.24) is 0 Å². The van der Waals surface area contributed by atoms with Crippen LogP contribution in [0.5, 0.6) is 5.75 Å². The summed E-state index contributed by atoms with van der Waals surface area (Å²) in [7, 11) is 1.75. The standard InChI is InChI=1S/C16H25NO/c1-5-13-7-6-8-15(13)17-14-10-9-11(2)16(18-4)12(14)3/h9-10,13,15,17H,5-8H2,1-4H3. The average Bonchev–Trinajstić information content (AvgIpc) is 2.81. The van der Waals surface area contributed by atoms with E-state index in [1.807, 2.05) is 0 Å². The molecule has 2 atom stereocenters. The zero-order chi connectivity index (χ0) is 13.1. The lowest BCUT2D eigenvalue weighted by molar-refractivity contribution is 0.408. The summed E-state index contributed by atoms with van der Waals surface area (Å²) in [4.78, 5) is 0. The van der Waals surface area contributed by atoms with Crippen LogP contribution in [0.15, 0.2) is 12.1 Å². The zero-order valence-corrected chi connectivity index (χ0v) is 12.0. The lowest BCUT2D eigenvalue weighted by Crippen LogP contribution is -2.23. The number of hydrogen-bond donors (Lipinski definition) is 1. The van der Waals surface area contributed by atoms with Crippen LogP contribution in [0.1, 0.15) is 43.7 Å². The Kier molecular flexibility index (Phi) is 4.15. The number of benzene rings is 1. The fourth-order valence-electron chi connectivity index (χ4n) is 3.21. The predicted molar refractivity (Wildman–Crippen MR) is 77.5 cm³/mol. The van der Waals surface area contributed by atoms with Crippen molar-refractivity contribution in [1.29, 1.82) is 0 Å². The van der Waals surface area contributed by atoms with Crippen LogP contribution in [-0.2, 0) is 0 Å². The molecule has 0 aromatic heterocycles. The van der Waals surface area contributed by atoms with E-state index in [-0.39, 0.29) is 0 Å². The summed E-state index contributed by atoms with van der Waals surface area (Å²) in [6.45, 7) is 6.54. The molecule has 1 saturated carbocycles. The molecule has 1 aliphatic carbocycles. The third kappa shape index (κ3) is 2.47. The molecule has 0 spiro atoms. The van der Waals surface area contributed by atoms with Gasteiger partial charge in [-0.1, -0.05) is 25.8 Å². The summed E-state index contributed by atoms with van der Waals surface area (Å²) >= 11 is 0. The summed E-state index contributed by atoms with van der Waals surface area (Å²) in [6.07, 6.45) is 5.31. The molecule has 0 saturated heterocycles. The molecule has 1 aromatic rings. The van der Waals surface area contributed by atoms with Crippen LogP contribution < -0.4 is 10.1 Å². The Morgan fingerprint density at radius 2 is 2.06 bits per heavy atom. The minimum absolute atomic E-state index is 0.640. The molecule has 0 aliphatic heterocycles. The van der Waals surface area contributed by atoms with Crippen molar-refractivity contribution in [3.8, 4) is 5.75 Å². The first-order chi connectivity index (χ1) is 8.67. The SMILES string of the molecule is CCC1CCCC1Nc1ccc(C)c(OC)c1C. The van der Waals surface area contributed by atoms with E-state index in [2.05, 4.69) is 38.2 Å². The summed E-state index contributed by atoms with van der Waals surface area (Å²) in [5.74, 6) is 1.85. The number of anilines is 1. The van der Waals surface area contributed by atoms with Gasteiger partial charge in [0.1, 0.15) is 5.75 Å². The van der Waals surface area contributed by atoms with Crippen LogP contribution in [0.25, 0.3) is 0 Å². The van der Waals surface area contributed by atoms with Gasteiger partial charge in [-0.05, 0) is 44.2 Å². The van der Waals surface area contributed by atoms with Crippen LogP contribution in [-0.4, -0.2) is 13.2 Å². The van der Waals surface area contributed by atoms with E-state index in [1.54, 1.807) is 7.11 Å². The van der Waals surface area contributed by atoms with Gasteiger partial charge < -0.3 is 10.1 Å². The highest BCUT2D eigenvalue weighted by Gasteiger charge is 2.26. The lowest BCUT2D eigenvalue weighted by atomic mass is 9.99. The van der Waals surface area contributed by atoms with Gasteiger partial charge in [0.25, 0.3) is 0 Å². The van der Waals surface area contributed by atoms with Crippen LogP contribution in [0.2, 0.25) is 0 Å². The monoisotopic (exact) mass is 247 g/mol. The Labute approximate surface area is 111 Å². The first-order valence-electron chi connectivity index (χ1n) is 7.08. The Morgan fingerprint density at radius 3 is 2.72 bits per heavy atom. The van der Waals surface area contributed by atoms with E-state index in [0.717, 1.165) is 11.7 Å². The van der Waals surface area contributed by atoms with E-state index < -0.39 is 0 Å². The summed E-state index contributed by atoms with van der Waals surface area (Å²) in [5.41, 5.74) is 3.68. The minimum Gasteiger partial charge on any atom is -0.496 e. The third-order valence-corrected chi connectivity index (χ3v) is 4.33. The molecule has 0 bridgehead atoms. The first kappa shape index (κ1) is 13.3. The van der Waals surface area contributed by atoms with E-state index in [1.165, 1.54) is 42.5 Å². The van der Waals surface area contributed by atoms with Gasteiger partial charge in [0.2, 0.25) is 0 Å². The average molecular weight is 247 g/mol. The van der Waals surface area contributed by atoms with Gasteiger partial charge in [-0.25, -0.2) is 0 Å².